The van der Waals surface area contributed by atoms with Crippen LogP contribution < -0.4 is 20.3 Å². The van der Waals surface area contributed by atoms with Gasteiger partial charge in [-0.2, -0.15) is 0 Å². The molecule has 2 N–H and O–H groups in total. The molecule has 2 amide bonds. The van der Waals surface area contributed by atoms with Crippen LogP contribution in [-0.2, 0) is 11.2 Å². The molecule has 1 unspecified atom stereocenters. The van der Waals surface area contributed by atoms with E-state index in [-0.39, 0.29) is 17.5 Å². The Morgan fingerprint density at radius 1 is 1.12 bits per heavy atom. The maximum absolute atomic E-state index is 13.0. The van der Waals surface area contributed by atoms with E-state index in [2.05, 4.69) is 46.7 Å². The molecule has 176 valence electrons. The summed E-state index contributed by atoms with van der Waals surface area (Å²) in [4.78, 5) is 29.0. The van der Waals surface area contributed by atoms with Gasteiger partial charge in [0.1, 0.15) is 11.4 Å². The smallest absolute Gasteiger partial charge is 0.267 e. The lowest BCUT2D eigenvalue weighted by molar-refractivity contribution is -0.117. The lowest BCUT2D eigenvalue weighted by Gasteiger charge is -2.25. The number of anilines is 1. The number of nitrogens with zero attached hydrogens (tertiary/aromatic N) is 1. The minimum atomic E-state index is -0.344. The molecule has 6 nitrogen and oxygen atoms in total. The van der Waals surface area contributed by atoms with E-state index in [1.807, 2.05) is 17.5 Å². The number of hydrogen-bond acceptors (Lipinski definition) is 5. The van der Waals surface area contributed by atoms with E-state index in [1.54, 1.807) is 37.5 Å². The lowest BCUT2D eigenvalue weighted by atomic mass is 10.1. The number of ether oxygens (including phenoxy) is 1. The van der Waals surface area contributed by atoms with E-state index in [1.165, 1.54) is 22.6 Å². The molecule has 0 bridgehead atoms. The molecule has 0 aliphatic carbocycles. The Morgan fingerprint density at radius 2 is 1.91 bits per heavy atom. The van der Waals surface area contributed by atoms with Crippen molar-refractivity contribution in [3.05, 3.63) is 87.7 Å². The molecule has 3 aromatic rings. The van der Waals surface area contributed by atoms with Crippen LogP contribution in [0.2, 0.25) is 0 Å². The van der Waals surface area contributed by atoms with E-state index >= 15 is 0 Å². The molecule has 1 atom stereocenters. The number of para-hydroxylation sites is 1. The van der Waals surface area contributed by atoms with E-state index in [4.69, 9.17) is 4.74 Å². The third kappa shape index (κ3) is 5.66. The van der Waals surface area contributed by atoms with Gasteiger partial charge in [0.05, 0.1) is 7.11 Å². The van der Waals surface area contributed by atoms with Crippen LogP contribution in [0.4, 0.5) is 5.69 Å². The van der Waals surface area contributed by atoms with E-state index in [9.17, 15) is 9.59 Å². The summed E-state index contributed by atoms with van der Waals surface area (Å²) in [6.07, 6.45) is 3.57. The highest BCUT2D eigenvalue weighted by Crippen LogP contribution is 2.31. The molecular formula is C27H29N3O3S. The second-order valence-electron chi connectivity index (χ2n) is 8.24. The number of methoxy groups -OCH3 is 1. The number of carbonyl (C=O) groups excluding carboxylic acids is 2. The van der Waals surface area contributed by atoms with Gasteiger partial charge < -0.3 is 20.3 Å². The predicted molar refractivity (Wildman–Crippen MR) is 137 cm³/mol. The van der Waals surface area contributed by atoms with Gasteiger partial charge in [0, 0.05) is 35.3 Å². The van der Waals surface area contributed by atoms with Gasteiger partial charge in [-0.05, 0) is 73.2 Å². The number of hydrogen-bond donors (Lipinski definition) is 2. The number of amides is 2. The Balaban J connectivity index is 1.36. The van der Waals surface area contributed by atoms with Gasteiger partial charge in [-0.25, -0.2) is 0 Å². The molecule has 7 heteroatoms. The second-order valence-corrected chi connectivity index (χ2v) is 9.22. The summed E-state index contributed by atoms with van der Waals surface area (Å²) >= 11 is 1.50. The third-order valence-corrected chi connectivity index (χ3v) is 6.70. The molecule has 1 aliphatic rings. The van der Waals surface area contributed by atoms with Gasteiger partial charge in [-0.3, -0.25) is 9.59 Å². The van der Waals surface area contributed by atoms with Crippen molar-refractivity contribution in [1.29, 1.82) is 0 Å². The maximum Gasteiger partial charge on any atom is 0.267 e. The minimum absolute atomic E-state index is 0.225. The molecule has 0 spiro atoms. The average molecular weight is 476 g/mol. The second kappa shape index (κ2) is 11.0. The van der Waals surface area contributed by atoms with Gasteiger partial charge in [0.15, 0.2) is 0 Å². The molecule has 1 aliphatic heterocycles. The molecule has 2 heterocycles. The summed E-state index contributed by atoms with van der Waals surface area (Å²) in [6, 6.07) is 19.5. The molecule has 0 fully saturated rings. The van der Waals surface area contributed by atoms with Crippen LogP contribution in [-0.4, -0.2) is 38.1 Å². The first-order valence-corrected chi connectivity index (χ1v) is 12.3. The van der Waals surface area contributed by atoms with E-state index in [0.29, 0.717) is 23.9 Å². The van der Waals surface area contributed by atoms with Gasteiger partial charge >= 0.3 is 0 Å². The SMILES string of the molecule is COc1ccc(C(=O)N/C(=C\c2cccs2)C(=O)NCCCN2c3ccccc3CC2C)cc1. The van der Waals surface area contributed by atoms with Gasteiger partial charge in [-0.1, -0.05) is 24.3 Å². The number of fused-ring (bicyclic) bond motifs is 1. The van der Waals surface area contributed by atoms with Crippen molar-refractivity contribution in [3.8, 4) is 5.75 Å². The molecule has 0 saturated carbocycles. The van der Waals surface area contributed by atoms with Gasteiger partial charge in [0.25, 0.3) is 11.8 Å². The third-order valence-electron chi connectivity index (χ3n) is 5.88. The molecule has 4 rings (SSSR count). The van der Waals surface area contributed by atoms with Crippen LogP contribution in [0.5, 0.6) is 5.75 Å². The fraction of sp³-hybridized carbons (Fsp3) is 0.259. The highest BCUT2D eigenvalue weighted by Gasteiger charge is 2.24. The summed E-state index contributed by atoms with van der Waals surface area (Å²) in [5.41, 5.74) is 3.34. The van der Waals surface area contributed by atoms with Crippen LogP contribution in [0, 0.1) is 0 Å². The normalized spacial score (nSPS) is 15.1. The summed E-state index contributed by atoms with van der Waals surface area (Å²) in [5, 5.41) is 7.68. The van der Waals surface area contributed by atoms with Crippen LogP contribution >= 0.6 is 11.3 Å². The number of benzene rings is 2. The summed E-state index contributed by atoms with van der Waals surface area (Å²) in [7, 11) is 1.57. The maximum atomic E-state index is 13.0. The Bertz CT molecular complexity index is 1160. The van der Waals surface area contributed by atoms with Crippen LogP contribution in [0.1, 0.15) is 34.1 Å². The summed E-state index contributed by atoms with van der Waals surface area (Å²) in [5.74, 6) is 0.0202. The van der Waals surface area contributed by atoms with Crippen molar-refractivity contribution < 1.29 is 14.3 Å². The van der Waals surface area contributed by atoms with Crippen molar-refractivity contribution in [1.82, 2.24) is 10.6 Å². The quantitative estimate of drug-likeness (QED) is 0.354. The van der Waals surface area contributed by atoms with Gasteiger partial charge in [0.2, 0.25) is 0 Å². The fourth-order valence-corrected chi connectivity index (χ4v) is 4.79. The highest BCUT2D eigenvalue weighted by atomic mass is 32.1. The molecular weight excluding hydrogens is 446 g/mol. The van der Waals surface area contributed by atoms with Crippen LogP contribution in [0.3, 0.4) is 0 Å². The largest absolute Gasteiger partial charge is 0.497 e. The molecule has 0 saturated heterocycles. The Labute approximate surface area is 204 Å². The first-order valence-electron chi connectivity index (χ1n) is 11.4. The van der Waals surface area contributed by atoms with Crippen LogP contribution in [0.25, 0.3) is 6.08 Å². The number of nitrogens with one attached hydrogen (secondary N) is 2. The predicted octanol–water partition coefficient (Wildman–Crippen LogP) is 4.49. The summed E-state index contributed by atoms with van der Waals surface area (Å²) < 4.78 is 5.15. The highest BCUT2D eigenvalue weighted by molar-refractivity contribution is 7.10. The standard InChI is InChI=1S/C27H29N3O3S/c1-19-17-21-7-3-4-9-25(21)30(19)15-6-14-28-27(32)24(18-23-8-5-16-34-23)29-26(31)20-10-12-22(33-2)13-11-20/h3-5,7-13,16,18-19H,6,14-15,17H2,1-2H3,(H,28,32)(H,29,31)/b24-18-. The molecule has 1 aromatic heterocycles. The first kappa shape index (κ1) is 23.6. The molecule has 0 radical (unpaired) electrons. The Morgan fingerprint density at radius 3 is 2.65 bits per heavy atom. The topological polar surface area (TPSA) is 70.7 Å². The van der Waals surface area contributed by atoms with Crippen molar-refractivity contribution in [3.63, 3.8) is 0 Å². The fourth-order valence-electron chi connectivity index (χ4n) is 4.13. The first-order chi connectivity index (χ1) is 16.5. The van der Waals surface area contributed by atoms with Crippen molar-refractivity contribution in [2.45, 2.75) is 25.8 Å². The molecule has 34 heavy (non-hydrogen) atoms. The van der Waals surface area contributed by atoms with E-state index in [0.717, 1.165) is 24.3 Å². The zero-order valence-electron chi connectivity index (χ0n) is 19.4. The van der Waals surface area contributed by atoms with Crippen molar-refractivity contribution >= 4 is 34.9 Å². The van der Waals surface area contributed by atoms with Crippen molar-refractivity contribution in [2.24, 2.45) is 0 Å². The Hall–Kier alpha value is -3.58. The zero-order chi connectivity index (χ0) is 23.9. The number of rotatable bonds is 9. The van der Waals surface area contributed by atoms with E-state index < -0.39 is 0 Å². The van der Waals surface area contributed by atoms with Crippen LogP contribution in [0.15, 0.2) is 71.7 Å². The monoisotopic (exact) mass is 475 g/mol. The Kier molecular flexibility index (Phi) is 7.65. The van der Waals surface area contributed by atoms with Crippen molar-refractivity contribution in [2.75, 3.05) is 25.1 Å². The molecule has 2 aromatic carbocycles. The number of carbonyl (C=O) groups is 2. The van der Waals surface area contributed by atoms with Gasteiger partial charge in [-0.15, -0.1) is 11.3 Å². The summed E-state index contributed by atoms with van der Waals surface area (Å²) in [6.45, 7) is 3.61. The average Bonchev–Trinajstić information content (AvgIpc) is 3.48. The zero-order valence-corrected chi connectivity index (χ0v) is 20.2. The number of thiophene rings is 1. The minimum Gasteiger partial charge on any atom is -0.497 e. The lowest BCUT2D eigenvalue weighted by Crippen LogP contribution is -2.37.